The summed E-state index contributed by atoms with van der Waals surface area (Å²) in [7, 11) is 0. The van der Waals surface area contributed by atoms with Crippen LogP contribution in [0.3, 0.4) is 0 Å². The number of hydrogen-bond acceptors (Lipinski definition) is 5. The molecule has 0 amide bonds. The van der Waals surface area contributed by atoms with E-state index in [0.29, 0.717) is 17.9 Å². The Balaban J connectivity index is 1.46. The van der Waals surface area contributed by atoms with Crippen LogP contribution in [0.4, 0.5) is 14.6 Å². The van der Waals surface area contributed by atoms with Crippen molar-refractivity contribution < 1.29 is 18.7 Å². The summed E-state index contributed by atoms with van der Waals surface area (Å²) in [5.74, 6) is -2.04. The first-order chi connectivity index (χ1) is 13.0. The van der Waals surface area contributed by atoms with Crippen molar-refractivity contribution >= 4 is 17.9 Å². The lowest BCUT2D eigenvalue weighted by Gasteiger charge is -2.17. The number of carboxylic acids is 1. The highest BCUT2D eigenvalue weighted by Gasteiger charge is 2.22. The number of aliphatic carboxylic acids is 1. The summed E-state index contributed by atoms with van der Waals surface area (Å²) in [4.78, 5) is 21.1. The summed E-state index contributed by atoms with van der Waals surface area (Å²) in [6.07, 6.45) is 7.09. The molecule has 0 radical (unpaired) electrons. The maximum absolute atomic E-state index is 13.3. The van der Waals surface area contributed by atoms with Crippen LogP contribution in [-0.2, 0) is 11.2 Å². The average Bonchev–Trinajstić information content (AvgIpc) is 3.09. The Labute approximate surface area is 155 Å². The largest absolute Gasteiger partial charge is 0.478 e. The lowest BCUT2D eigenvalue weighted by molar-refractivity contribution is -0.131. The zero-order valence-corrected chi connectivity index (χ0v) is 14.6. The van der Waals surface area contributed by atoms with Crippen LogP contribution in [0, 0.1) is 11.6 Å². The molecule has 8 heteroatoms. The molecule has 1 aromatic carbocycles. The molecule has 1 atom stereocenters. The Morgan fingerprint density at radius 3 is 2.85 bits per heavy atom. The highest BCUT2D eigenvalue weighted by atomic mass is 19.2. The zero-order chi connectivity index (χ0) is 19.2. The van der Waals surface area contributed by atoms with Gasteiger partial charge in [-0.15, -0.1) is 0 Å². The van der Waals surface area contributed by atoms with Crippen LogP contribution < -0.4 is 5.32 Å². The number of aromatic nitrogens is 2. The third-order valence-corrected chi connectivity index (χ3v) is 4.39. The van der Waals surface area contributed by atoms with Crippen LogP contribution in [0.1, 0.15) is 17.7 Å². The molecule has 0 aliphatic carbocycles. The first kappa shape index (κ1) is 18.9. The number of likely N-dealkylation sites (tertiary alicyclic amines) is 1. The van der Waals surface area contributed by atoms with Crippen molar-refractivity contribution in [1.82, 2.24) is 14.9 Å². The molecule has 2 N–H and O–H groups in total. The predicted molar refractivity (Wildman–Crippen MR) is 97.2 cm³/mol. The molecule has 142 valence electrons. The van der Waals surface area contributed by atoms with Gasteiger partial charge in [-0.25, -0.2) is 18.6 Å². The summed E-state index contributed by atoms with van der Waals surface area (Å²) >= 11 is 0. The Bertz CT molecular complexity index is 827. The molecular formula is C19H20F2N4O2. The van der Waals surface area contributed by atoms with E-state index in [-0.39, 0.29) is 6.04 Å². The highest BCUT2D eigenvalue weighted by molar-refractivity contribution is 5.84. The highest BCUT2D eigenvalue weighted by Crippen LogP contribution is 2.16. The molecule has 2 aromatic rings. The van der Waals surface area contributed by atoms with Crippen LogP contribution in [0.25, 0.3) is 6.08 Å². The van der Waals surface area contributed by atoms with Crippen molar-refractivity contribution in [2.75, 3.05) is 25.0 Å². The second-order valence-corrected chi connectivity index (χ2v) is 6.43. The van der Waals surface area contributed by atoms with Gasteiger partial charge in [0.1, 0.15) is 5.82 Å². The molecule has 0 unspecified atom stereocenters. The smallest absolute Gasteiger partial charge is 0.328 e. The number of nitrogens with one attached hydrogen (secondary N) is 1. The van der Waals surface area contributed by atoms with E-state index in [1.807, 2.05) is 0 Å². The molecule has 0 spiro atoms. The van der Waals surface area contributed by atoms with Gasteiger partial charge in [0, 0.05) is 31.8 Å². The summed E-state index contributed by atoms with van der Waals surface area (Å²) in [6.45, 7) is 2.51. The van der Waals surface area contributed by atoms with E-state index in [0.717, 1.165) is 43.8 Å². The van der Waals surface area contributed by atoms with E-state index in [9.17, 15) is 13.6 Å². The number of benzene rings is 1. The van der Waals surface area contributed by atoms with E-state index in [4.69, 9.17) is 5.11 Å². The van der Waals surface area contributed by atoms with Crippen LogP contribution >= 0.6 is 0 Å². The summed E-state index contributed by atoms with van der Waals surface area (Å²) in [5, 5.41) is 11.9. The van der Waals surface area contributed by atoms with Crippen molar-refractivity contribution in [2.45, 2.75) is 18.9 Å². The van der Waals surface area contributed by atoms with Gasteiger partial charge in [-0.3, -0.25) is 4.98 Å². The summed E-state index contributed by atoms with van der Waals surface area (Å²) < 4.78 is 26.2. The topological polar surface area (TPSA) is 78.3 Å². The lowest BCUT2D eigenvalue weighted by Crippen LogP contribution is -2.28. The molecule has 0 saturated carbocycles. The average molecular weight is 374 g/mol. The number of carbonyl (C=O) groups is 1. The number of halogens is 2. The molecule has 1 fully saturated rings. The van der Waals surface area contributed by atoms with Gasteiger partial charge < -0.3 is 15.3 Å². The minimum atomic E-state index is -1.03. The van der Waals surface area contributed by atoms with E-state index < -0.39 is 17.6 Å². The first-order valence-corrected chi connectivity index (χ1v) is 8.65. The maximum atomic E-state index is 13.3. The molecule has 1 saturated heterocycles. The quantitative estimate of drug-likeness (QED) is 0.726. The minimum Gasteiger partial charge on any atom is -0.478 e. The molecule has 1 aliphatic heterocycles. The second-order valence-electron chi connectivity index (χ2n) is 6.43. The number of nitrogens with zero attached hydrogens (tertiary/aromatic N) is 3. The molecule has 2 heterocycles. The van der Waals surface area contributed by atoms with Gasteiger partial charge in [-0.05, 0) is 36.6 Å². The molecule has 27 heavy (non-hydrogen) atoms. The van der Waals surface area contributed by atoms with Crippen LogP contribution in [0.2, 0.25) is 0 Å². The van der Waals surface area contributed by atoms with Crippen molar-refractivity contribution in [1.29, 1.82) is 0 Å². The SMILES string of the molecule is O=C(O)C=Cc1cnc(N[C@@H]2CCN(CCc3ccc(F)c(F)c3)C2)cn1. The van der Waals surface area contributed by atoms with E-state index >= 15 is 0 Å². The maximum Gasteiger partial charge on any atom is 0.328 e. The summed E-state index contributed by atoms with van der Waals surface area (Å²) in [5.41, 5.74) is 1.25. The monoisotopic (exact) mass is 374 g/mol. The third kappa shape index (κ3) is 5.55. The minimum absolute atomic E-state index is 0.227. The Kier molecular flexibility index (Phi) is 6.08. The molecule has 3 rings (SSSR count). The van der Waals surface area contributed by atoms with Gasteiger partial charge in [0.2, 0.25) is 0 Å². The van der Waals surface area contributed by atoms with Crippen LogP contribution in [-0.4, -0.2) is 51.6 Å². The van der Waals surface area contributed by atoms with Crippen molar-refractivity contribution in [3.8, 4) is 0 Å². The van der Waals surface area contributed by atoms with Crippen molar-refractivity contribution in [3.05, 3.63) is 59.6 Å². The fraction of sp³-hybridized carbons (Fsp3) is 0.316. The Hall–Kier alpha value is -2.87. The van der Waals surface area contributed by atoms with Gasteiger partial charge in [0.05, 0.1) is 18.1 Å². The predicted octanol–water partition coefficient (Wildman–Crippen LogP) is 2.58. The van der Waals surface area contributed by atoms with Crippen LogP contribution in [0.15, 0.2) is 36.7 Å². The van der Waals surface area contributed by atoms with Crippen molar-refractivity contribution in [2.24, 2.45) is 0 Å². The van der Waals surface area contributed by atoms with Gasteiger partial charge in [0.25, 0.3) is 0 Å². The molecular weight excluding hydrogens is 354 g/mol. The van der Waals surface area contributed by atoms with E-state index in [1.54, 1.807) is 12.3 Å². The fourth-order valence-electron chi connectivity index (χ4n) is 3.00. The van der Waals surface area contributed by atoms with E-state index in [1.165, 1.54) is 18.3 Å². The Morgan fingerprint density at radius 1 is 1.30 bits per heavy atom. The second kappa shape index (κ2) is 8.68. The molecule has 1 aliphatic rings. The molecule has 6 nitrogen and oxygen atoms in total. The fourth-order valence-corrected chi connectivity index (χ4v) is 3.00. The summed E-state index contributed by atoms with van der Waals surface area (Å²) in [6, 6.07) is 4.24. The van der Waals surface area contributed by atoms with Crippen LogP contribution in [0.5, 0.6) is 0 Å². The normalized spacial score (nSPS) is 17.5. The van der Waals surface area contributed by atoms with Gasteiger partial charge in [0.15, 0.2) is 11.6 Å². The van der Waals surface area contributed by atoms with Gasteiger partial charge >= 0.3 is 5.97 Å². The number of hydrogen-bond donors (Lipinski definition) is 2. The zero-order valence-electron chi connectivity index (χ0n) is 14.6. The van der Waals surface area contributed by atoms with Gasteiger partial charge in [-0.2, -0.15) is 0 Å². The molecule has 0 bridgehead atoms. The van der Waals surface area contributed by atoms with E-state index in [2.05, 4.69) is 20.2 Å². The standard InChI is InChI=1S/C19H20F2N4O2/c20-16-3-1-13(9-17(16)21)5-7-25-8-6-15(12-25)24-18-11-22-14(10-23-18)2-4-19(26)27/h1-4,9-11,15H,5-8,12H2,(H,23,24)(H,26,27)/t15-/m1/s1. The Morgan fingerprint density at radius 2 is 2.15 bits per heavy atom. The number of anilines is 1. The molecule has 1 aromatic heterocycles. The lowest BCUT2D eigenvalue weighted by atomic mass is 10.1. The van der Waals surface area contributed by atoms with Gasteiger partial charge in [-0.1, -0.05) is 6.07 Å². The number of carboxylic acid groups (broad SMARTS) is 1. The third-order valence-electron chi connectivity index (χ3n) is 4.39. The number of rotatable bonds is 7. The van der Waals surface area contributed by atoms with Crippen molar-refractivity contribution in [3.63, 3.8) is 0 Å². The first-order valence-electron chi connectivity index (χ1n) is 8.65.